The topological polar surface area (TPSA) is 25.8 Å². The van der Waals surface area contributed by atoms with Crippen molar-refractivity contribution >= 4 is 18.6 Å². The highest BCUT2D eigenvalue weighted by atomic mass is 28.3. The van der Waals surface area contributed by atoms with E-state index in [4.69, 9.17) is 0 Å². The predicted molar refractivity (Wildman–Crippen MR) is 89.7 cm³/mol. The molecule has 0 fully saturated rings. The Kier molecular flexibility index (Phi) is 2.59. The molecule has 0 atom stereocenters. The maximum atomic E-state index is 4.66. The van der Waals surface area contributed by atoms with Gasteiger partial charge >= 0.3 is 0 Å². The number of aromatic nitrogens is 2. The number of benzene rings is 2. The van der Waals surface area contributed by atoms with Crippen LogP contribution in [-0.2, 0) is 0 Å². The third kappa shape index (κ3) is 1.71. The van der Waals surface area contributed by atoms with Gasteiger partial charge < -0.3 is 0 Å². The summed E-state index contributed by atoms with van der Waals surface area (Å²) in [5.41, 5.74) is 4.79. The Morgan fingerprint density at radius 3 is 2.33 bits per heavy atom. The maximum Gasteiger partial charge on any atom is 0.137 e. The first-order chi connectivity index (χ1) is 10.2. The Morgan fingerprint density at radius 2 is 1.52 bits per heavy atom. The Balaban J connectivity index is 2.08. The number of nitrogens with zero attached hydrogens (tertiary/aromatic N) is 2. The van der Waals surface area contributed by atoms with Crippen molar-refractivity contribution in [2.24, 2.45) is 0 Å². The fourth-order valence-corrected chi connectivity index (χ4v) is 6.21. The normalized spacial score (nSPS) is 14.6. The van der Waals surface area contributed by atoms with Crippen molar-refractivity contribution in [3.8, 4) is 22.4 Å². The fourth-order valence-electron chi connectivity index (χ4n) is 3.30. The molecule has 0 bridgehead atoms. The summed E-state index contributed by atoms with van der Waals surface area (Å²) in [6.07, 6.45) is 1.72. The summed E-state index contributed by atoms with van der Waals surface area (Å²) in [4.78, 5) is 9.26. The zero-order valence-electron chi connectivity index (χ0n) is 12.2. The molecule has 102 valence electrons. The van der Waals surface area contributed by atoms with E-state index in [1.807, 2.05) is 6.07 Å². The van der Waals surface area contributed by atoms with E-state index in [9.17, 15) is 0 Å². The molecule has 1 aromatic heterocycles. The molecule has 0 saturated heterocycles. The molecule has 0 radical (unpaired) electrons. The van der Waals surface area contributed by atoms with Crippen molar-refractivity contribution in [3.63, 3.8) is 0 Å². The van der Waals surface area contributed by atoms with Crippen molar-refractivity contribution in [2.75, 3.05) is 0 Å². The SMILES string of the molecule is C[Si]1(C)c2ccccc2-c2c(-c3ccccc3)ncnc21. The van der Waals surface area contributed by atoms with E-state index in [-0.39, 0.29) is 0 Å². The fraction of sp³-hybridized carbons (Fsp3) is 0.111. The number of hydrogen-bond acceptors (Lipinski definition) is 2. The van der Waals surface area contributed by atoms with Gasteiger partial charge in [0.25, 0.3) is 0 Å². The Labute approximate surface area is 125 Å². The van der Waals surface area contributed by atoms with Crippen LogP contribution in [-0.4, -0.2) is 18.0 Å². The molecule has 0 amide bonds. The van der Waals surface area contributed by atoms with Crippen molar-refractivity contribution < 1.29 is 0 Å². The summed E-state index contributed by atoms with van der Waals surface area (Å²) in [5.74, 6) is 0. The number of hydrogen-bond donors (Lipinski definition) is 0. The van der Waals surface area contributed by atoms with Crippen LogP contribution in [0.1, 0.15) is 0 Å². The van der Waals surface area contributed by atoms with Gasteiger partial charge in [-0.3, -0.25) is 0 Å². The van der Waals surface area contributed by atoms with Crippen molar-refractivity contribution in [1.29, 1.82) is 0 Å². The second kappa shape index (κ2) is 4.37. The second-order valence-corrected chi connectivity index (χ2v) is 10.2. The lowest BCUT2D eigenvalue weighted by atomic mass is 10.0. The summed E-state index contributed by atoms with van der Waals surface area (Å²) >= 11 is 0. The lowest BCUT2D eigenvalue weighted by molar-refractivity contribution is 1.20. The highest BCUT2D eigenvalue weighted by Gasteiger charge is 2.40. The van der Waals surface area contributed by atoms with E-state index in [2.05, 4.69) is 71.6 Å². The van der Waals surface area contributed by atoms with Crippen LogP contribution in [0.3, 0.4) is 0 Å². The van der Waals surface area contributed by atoms with E-state index in [0.29, 0.717) is 0 Å². The van der Waals surface area contributed by atoms with Gasteiger partial charge in [0.15, 0.2) is 0 Å². The average Bonchev–Trinajstić information content (AvgIpc) is 2.77. The molecule has 3 heteroatoms. The van der Waals surface area contributed by atoms with Crippen LogP contribution in [0, 0.1) is 0 Å². The minimum absolute atomic E-state index is 1.06. The van der Waals surface area contributed by atoms with E-state index < -0.39 is 8.07 Å². The Hall–Kier alpha value is -2.26. The summed E-state index contributed by atoms with van der Waals surface area (Å²) in [6, 6.07) is 19.1. The highest BCUT2D eigenvalue weighted by molar-refractivity contribution is 7.03. The van der Waals surface area contributed by atoms with Gasteiger partial charge in [0.1, 0.15) is 14.4 Å². The van der Waals surface area contributed by atoms with Gasteiger partial charge in [-0.25, -0.2) is 9.97 Å². The molecule has 0 spiro atoms. The quantitative estimate of drug-likeness (QED) is 0.643. The van der Waals surface area contributed by atoms with Crippen LogP contribution in [0.25, 0.3) is 22.4 Å². The average molecular weight is 288 g/mol. The zero-order chi connectivity index (χ0) is 14.4. The molecule has 1 aliphatic rings. The van der Waals surface area contributed by atoms with Crippen LogP contribution >= 0.6 is 0 Å². The molecule has 3 aromatic rings. The van der Waals surface area contributed by atoms with E-state index >= 15 is 0 Å². The largest absolute Gasteiger partial charge is 0.245 e. The number of rotatable bonds is 1. The third-order valence-corrected chi connectivity index (χ3v) is 7.70. The minimum atomic E-state index is -1.70. The van der Waals surface area contributed by atoms with Crippen LogP contribution in [0.15, 0.2) is 60.9 Å². The van der Waals surface area contributed by atoms with E-state index in [1.54, 1.807) is 6.33 Å². The second-order valence-electron chi connectivity index (χ2n) is 5.98. The smallest absolute Gasteiger partial charge is 0.137 e. The Morgan fingerprint density at radius 1 is 0.810 bits per heavy atom. The van der Waals surface area contributed by atoms with Gasteiger partial charge in [0.2, 0.25) is 0 Å². The molecule has 2 nitrogen and oxygen atoms in total. The molecule has 1 aliphatic heterocycles. The lowest BCUT2D eigenvalue weighted by Gasteiger charge is -2.17. The van der Waals surface area contributed by atoms with Gasteiger partial charge in [-0.15, -0.1) is 0 Å². The molecular weight excluding hydrogens is 272 g/mol. The maximum absolute atomic E-state index is 4.66. The van der Waals surface area contributed by atoms with Gasteiger partial charge in [-0.1, -0.05) is 67.7 Å². The first kappa shape index (κ1) is 12.5. The molecule has 0 unspecified atom stereocenters. The molecular formula is C18H16N2Si. The molecule has 2 heterocycles. The summed E-state index contributed by atoms with van der Waals surface area (Å²) in [6.45, 7) is 4.75. The molecule has 0 saturated carbocycles. The van der Waals surface area contributed by atoms with Gasteiger partial charge in [0, 0.05) is 16.4 Å². The van der Waals surface area contributed by atoms with Crippen molar-refractivity contribution in [3.05, 3.63) is 60.9 Å². The van der Waals surface area contributed by atoms with Gasteiger partial charge in [-0.05, 0) is 10.8 Å². The van der Waals surface area contributed by atoms with Crippen LogP contribution in [0.2, 0.25) is 13.1 Å². The summed E-state index contributed by atoms with van der Waals surface area (Å²) in [7, 11) is -1.70. The Bertz CT molecular complexity index is 826. The molecule has 4 rings (SSSR count). The van der Waals surface area contributed by atoms with Gasteiger partial charge in [-0.2, -0.15) is 0 Å². The lowest BCUT2D eigenvalue weighted by Crippen LogP contribution is -2.50. The third-order valence-electron chi connectivity index (χ3n) is 4.36. The molecule has 0 aliphatic carbocycles. The van der Waals surface area contributed by atoms with Crippen molar-refractivity contribution in [1.82, 2.24) is 9.97 Å². The highest BCUT2D eigenvalue weighted by Crippen LogP contribution is 2.33. The zero-order valence-corrected chi connectivity index (χ0v) is 13.2. The first-order valence-electron chi connectivity index (χ1n) is 7.20. The van der Waals surface area contributed by atoms with Gasteiger partial charge in [0.05, 0.1) is 5.69 Å². The van der Waals surface area contributed by atoms with E-state index in [1.165, 1.54) is 21.6 Å². The first-order valence-corrected chi connectivity index (χ1v) is 10.2. The molecule has 0 N–H and O–H groups in total. The summed E-state index contributed by atoms with van der Waals surface area (Å²) in [5, 5.41) is 2.73. The minimum Gasteiger partial charge on any atom is -0.245 e. The van der Waals surface area contributed by atoms with Crippen LogP contribution in [0.4, 0.5) is 0 Å². The molecule has 2 aromatic carbocycles. The molecule has 21 heavy (non-hydrogen) atoms. The number of fused-ring (bicyclic) bond motifs is 3. The standard InChI is InChI=1S/C18H16N2Si/c1-21(2)15-11-7-6-10-14(15)16-17(19-12-20-18(16)21)13-8-4-3-5-9-13/h3-12H,1-2H3. The van der Waals surface area contributed by atoms with Crippen LogP contribution < -0.4 is 10.5 Å². The monoisotopic (exact) mass is 288 g/mol. The van der Waals surface area contributed by atoms with E-state index in [0.717, 1.165) is 11.3 Å². The van der Waals surface area contributed by atoms with Crippen LogP contribution in [0.5, 0.6) is 0 Å². The van der Waals surface area contributed by atoms with Crippen molar-refractivity contribution in [2.45, 2.75) is 13.1 Å². The summed E-state index contributed by atoms with van der Waals surface area (Å²) < 4.78 is 0. The predicted octanol–water partition coefficient (Wildman–Crippen LogP) is 2.95.